The minimum atomic E-state index is -3.94. The fraction of sp³-hybridized carbons (Fsp3) is 0.417. The highest BCUT2D eigenvalue weighted by atomic mass is 32.2. The summed E-state index contributed by atoms with van der Waals surface area (Å²) in [4.78, 5) is 24.9. The molecule has 0 fully saturated rings. The summed E-state index contributed by atoms with van der Waals surface area (Å²) in [6, 6.07) is 10.7. The second kappa shape index (κ2) is 11.1. The predicted octanol–water partition coefficient (Wildman–Crippen LogP) is 4.96. The van der Waals surface area contributed by atoms with Gasteiger partial charge in [-0.25, -0.2) is 18.0 Å². The first-order valence-corrected chi connectivity index (χ1v) is 12.2. The van der Waals surface area contributed by atoms with E-state index in [1.807, 2.05) is 0 Å². The van der Waals surface area contributed by atoms with Crippen molar-refractivity contribution < 1.29 is 27.5 Å². The van der Waals surface area contributed by atoms with Crippen LogP contribution in [-0.2, 0) is 25.9 Å². The Bertz CT molecular complexity index is 1000. The minimum Gasteiger partial charge on any atom is -0.459 e. The number of hydrogen-bond acceptors (Lipinski definition) is 6. The van der Waals surface area contributed by atoms with Gasteiger partial charge in [-0.1, -0.05) is 25.5 Å². The van der Waals surface area contributed by atoms with Crippen LogP contribution in [0.4, 0.5) is 5.69 Å². The molecule has 2 rings (SSSR count). The van der Waals surface area contributed by atoms with E-state index in [1.54, 1.807) is 39.8 Å². The van der Waals surface area contributed by atoms with E-state index in [-0.39, 0.29) is 33.9 Å². The van der Waals surface area contributed by atoms with Crippen LogP contribution in [0.25, 0.3) is 0 Å². The molecule has 0 aromatic heterocycles. The predicted molar refractivity (Wildman–Crippen MR) is 123 cm³/mol. The summed E-state index contributed by atoms with van der Waals surface area (Å²) in [6.07, 6.45) is 2.21. The van der Waals surface area contributed by atoms with Gasteiger partial charge < -0.3 is 9.47 Å². The van der Waals surface area contributed by atoms with Crippen LogP contribution in [0.3, 0.4) is 0 Å². The number of rotatable bonds is 10. The maximum Gasteiger partial charge on any atom is 0.338 e. The smallest absolute Gasteiger partial charge is 0.338 e. The van der Waals surface area contributed by atoms with E-state index in [4.69, 9.17) is 9.47 Å². The maximum absolute atomic E-state index is 12.9. The Kier molecular flexibility index (Phi) is 8.83. The fourth-order valence-corrected chi connectivity index (χ4v) is 3.96. The van der Waals surface area contributed by atoms with E-state index in [0.717, 1.165) is 24.8 Å². The lowest BCUT2D eigenvalue weighted by Gasteiger charge is -2.14. The van der Waals surface area contributed by atoms with E-state index in [0.29, 0.717) is 0 Å². The molecular weight excluding hydrogens is 430 g/mol. The largest absolute Gasteiger partial charge is 0.459 e. The van der Waals surface area contributed by atoms with Crippen molar-refractivity contribution in [2.24, 2.45) is 0 Å². The van der Waals surface area contributed by atoms with Gasteiger partial charge in [0.05, 0.1) is 33.9 Å². The van der Waals surface area contributed by atoms with Gasteiger partial charge in [0.25, 0.3) is 10.0 Å². The molecule has 0 unspecified atom stereocenters. The highest BCUT2D eigenvalue weighted by Crippen LogP contribution is 2.22. The lowest BCUT2D eigenvalue weighted by Crippen LogP contribution is -2.17. The lowest BCUT2D eigenvalue weighted by molar-refractivity contribution is 0.0377. The number of ether oxygens (including phenoxy) is 2. The molecule has 7 nitrogen and oxygen atoms in total. The standard InChI is InChI=1S/C24H31NO6S/c1-6-7-8-18-9-11-22(12-10-18)32(28,29)25-21-14-19(23(26)30-16(2)3)13-20(15-21)24(27)31-17(4)5/h9-17,25H,6-8H2,1-5H3. The normalized spacial score (nSPS) is 11.5. The Morgan fingerprint density at radius 2 is 1.38 bits per heavy atom. The first-order chi connectivity index (χ1) is 15.0. The van der Waals surface area contributed by atoms with Crippen LogP contribution in [0.5, 0.6) is 0 Å². The van der Waals surface area contributed by atoms with Gasteiger partial charge in [0, 0.05) is 0 Å². The van der Waals surface area contributed by atoms with Gasteiger partial charge in [-0.2, -0.15) is 0 Å². The molecule has 0 saturated carbocycles. The Morgan fingerprint density at radius 1 is 0.875 bits per heavy atom. The zero-order valence-corrected chi connectivity index (χ0v) is 20.0. The molecule has 2 aromatic carbocycles. The molecule has 8 heteroatoms. The van der Waals surface area contributed by atoms with Crippen LogP contribution in [0.15, 0.2) is 47.4 Å². The molecule has 1 N–H and O–H groups in total. The van der Waals surface area contributed by atoms with Crippen molar-refractivity contribution in [1.82, 2.24) is 0 Å². The first kappa shape index (κ1) is 25.4. The molecular formula is C24H31NO6S. The van der Waals surface area contributed by atoms with E-state index in [1.165, 1.54) is 30.3 Å². The Balaban J connectivity index is 2.37. The molecule has 0 aliphatic carbocycles. The third-order valence-electron chi connectivity index (χ3n) is 4.39. The van der Waals surface area contributed by atoms with Crippen molar-refractivity contribution in [3.63, 3.8) is 0 Å². The number of esters is 2. The quantitative estimate of drug-likeness (QED) is 0.502. The average Bonchev–Trinajstić information content (AvgIpc) is 2.71. The van der Waals surface area contributed by atoms with E-state index in [9.17, 15) is 18.0 Å². The van der Waals surface area contributed by atoms with Gasteiger partial charge >= 0.3 is 11.9 Å². The van der Waals surface area contributed by atoms with Gasteiger partial charge in [-0.15, -0.1) is 0 Å². The Labute approximate surface area is 190 Å². The first-order valence-electron chi connectivity index (χ1n) is 10.7. The van der Waals surface area contributed by atoms with Crippen LogP contribution in [-0.4, -0.2) is 32.6 Å². The molecule has 0 bridgehead atoms. The number of aryl methyl sites for hydroxylation is 1. The summed E-state index contributed by atoms with van der Waals surface area (Å²) in [5.74, 6) is -1.33. The van der Waals surface area contributed by atoms with Crippen LogP contribution in [0, 0.1) is 0 Å². The number of carbonyl (C=O) groups excluding carboxylic acids is 2. The van der Waals surface area contributed by atoms with E-state index < -0.39 is 22.0 Å². The van der Waals surface area contributed by atoms with Crippen molar-refractivity contribution >= 4 is 27.6 Å². The second-order valence-electron chi connectivity index (χ2n) is 8.06. The molecule has 32 heavy (non-hydrogen) atoms. The van der Waals surface area contributed by atoms with Gasteiger partial charge in [-0.3, -0.25) is 4.72 Å². The van der Waals surface area contributed by atoms with Crippen molar-refractivity contribution in [2.75, 3.05) is 4.72 Å². The highest BCUT2D eigenvalue weighted by Gasteiger charge is 2.20. The molecule has 174 valence electrons. The topological polar surface area (TPSA) is 98.8 Å². The summed E-state index contributed by atoms with van der Waals surface area (Å²) in [5.41, 5.74) is 1.21. The number of nitrogens with one attached hydrogen (secondary N) is 1. The number of carbonyl (C=O) groups is 2. The molecule has 0 spiro atoms. The molecule has 0 saturated heterocycles. The van der Waals surface area contributed by atoms with Crippen LogP contribution >= 0.6 is 0 Å². The molecule has 0 aliphatic heterocycles. The minimum absolute atomic E-state index is 0.0459. The van der Waals surface area contributed by atoms with Gasteiger partial charge in [-0.05, 0) is 76.4 Å². The van der Waals surface area contributed by atoms with Crippen molar-refractivity contribution in [3.8, 4) is 0 Å². The molecule has 0 heterocycles. The third-order valence-corrected chi connectivity index (χ3v) is 5.79. The van der Waals surface area contributed by atoms with Gasteiger partial charge in [0.2, 0.25) is 0 Å². The van der Waals surface area contributed by atoms with Crippen molar-refractivity contribution in [1.29, 1.82) is 0 Å². The molecule has 2 aromatic rings. The van der Waals surface area contributed by atoms with Crippen LogP contribution in [0.1, 0.15) is 73.7 Å². The van der Waals surface area contributed by atoms with Gasteiger partial charge in [0.15, 0.2) is 0 Å². The SMILES string of the molecule is CCCCc1ccc(S(=O)(=O)Nc2cc(C(=O)OC(C)C)cc(C(=O)OC(C)C)c2)cc1. The second-order valence-corrected chi connectivity index (χ2v) is 9.74. The maximum atomic E-state index is 12.9. The van der Waals surface area contributed by atoms with Crippen molar-refractivity contribution in [2.45, 2.75) is 71.0 Å². The lowest BCUT2D eigenvalue weighted by atomic mass is 10.1. The molecule has 0 radical (unpaired) electrons. The zero-order valence-electron chi connectivity index (χ0n) is 19.2. The summed E-state index contributed by atoms with van der Waals surface area (Å²) in [6.45, 7) is 8.88. The molecule has 0 atom stereocenters. The van der Waals surface area contributed by atoms with Gasteiger partial charge in [0.1, 0.15) is 0 Å². The fourth-order valence-electron chi connectivity index (χ4n) is 2.92. The van der Waals surface area contributed by atoms with Crippen LogP contribution in [0.2, 0.25) is 0 Å². The van der Waals surface area contributed by atoms with E-state index in [2.05, 4.69) is 11.6 Å². The summed E-state index contributed by atoms with van der Waals surface area (Å²) < 4.78 is 38.7. The molecule has 0 amide bonds. The number of sulfonamides is 1. The number of unbranched alkanes of at least 4 members (excludes halogenated alkanes) is 1. The highest BCUT2D eigenvalue weighted by molar-refractivity contribution is 7.92. The monoisotopic (exact) mass is 461 g/mol. The number of hydrogen-bond donors (Lipinski definition) is 1. The zero-order chi connectivity index (χ0) is 23.9. The average molecular weight is 462 g/mol. The molecule has 0 aliphatic rings. The third kappa shape index (κ3) is 7.37. The van der Waals surface area contributed by atoms with E-state index >= 15 is 0 Å². The number of anilines is 1. The van der Waals surface area contributed by atoms with Crippen LogP contribution < -0.4 is 4.72 Å². The Morgan fingerprint density at radius 3 is 1.81 bits per heavy atom. The van der Waals surface area contributed by atoms with Crippen molar-refractivity contribution in [3.05, 3.63) is 59.2 Å². The summed E-state index contributed by atoms with van der Waals surface area (Å²) in [5, 5.41) is 0. The Hall–Kier alpha value is -2.87. The summed E-state index contributed by atoms with van der Waals surface area (Å²) in [7, 11) is -3.94. The summed E-state index contributed by atoms with van der Waals surface area (Å²) >= 11 is 0. The number of benzene rings is 2.